The number of anilines is 1. The van der Waals surface area contributed by atoms with E-state index in [0.29, 0.717) is 36.7 Å². The van der Waals surface area contributed by atoms with E-state index in [2.05, 4.69) is 41.6 Å². The number of hydrogen-bond acceptors (Lipinski definition) is 6. The number of ether oxygens (including phenoxy) is 2. The molecule has 2 aromatic carbocycles. The molecule has 1 aliphatic heterocycles. The Labute approximate surface area is 251 Å². The lowest BCUT2D eigenvalue weighted by molar-refractivity contribution is -0.0177. The monoisotopic (exact) mass is 582 g/mol. The number of amides is 3. The molecule has 3 rings (SSSR count). The molecule has 0 aliphatic carbocycles. The van der Waals surface area contributed by atoms with E-state index in [1.54, 1.807) is 23.1 Å². The van der Waals surface area contributed by atoms with Gasteiger partial charge in [-0.15, -0.1) is 0 Å². The van der Waals surface area contributed by atoms with Crippen LogP contribution in [0.4, 0.5) is 10.5 Å². The van der Waals surface area contributed by atoms with Gasteiger partial charge in [0.25, 0.3) is 5.91 Å². The van der Waals surface area contributed by atoms with Crippen molar-refractivity contribution in [3.05, 3.63) is 59.7 Å². The molecular weight excluding hydrogens is 532 g/mol. The predicted molar refractivity (Wildman–Crippen MR) is 167 cm³/mol. The van der Waals surface area contributed by atoms with E-state index in [-0.39, 0.29) is 42.7 Å². The molecule has 9 heteroatoms. The van der Waals surface area contributed by atoms with Crippen LogP contribution in [0.15, 0.2) is 48.5 Å². The van der Waals surface area contributed by atoms with Crippen molar-refractivity contribution in [3.63, 3.8) is 0 Å². The van der Waals surface area contributed by atoms with Crippen molar-refractivity contribution in [2.75, 3.05) is 38.7 Å². The highest BCUT2D eigenvalue weighted by atomic mass is 16.5. The summed E-state index contributed by atoms with van der Waals surface area (Å²) in [5.41, 5.74) is 2.08. The minimum absolute atomic E-state index is 0.00877. The molecular formula is C33H50N4O5. The number of urea groups is 1. The second-order valence-corrected chi connectivity index (χ2v) is 11.9. The summed E-state index contributed by atoms with van der Waals surface area (Å²) in [4.78, 5) is 30.6. The van der Waals surface area contributed by atoms with Gasteiger partial charge in [-0.1, -0.05) is 37.3 Å². The van der Waals surface area contributed by atoms with Gasteiger partial charge in [0.15, 0.2) is 0 Å². The molecule has 1 heterocycles. The average Bonchev–Trinajstić information content (AvgIpc) is 2.94. The Morgan fingerprint density at radius 1 is 1.12 bits per heavy atom. The first-order valence-electron chi connectivity index (χ1n) is 15.2. The van der Waals surface area contributed by atoms with Gasteiger partial charge in [-0.3, -0.25) is 9.69 Å². The van der Waals surface area contributed by atoms with Crippen molar-refractivity contribution in [1.82, 2.24) is 15.1 Å². The normalized spacial score (nSPS) is 21.3. The fourth-order valence-electron chi connectivity index (χ4n) is 5.16. The van der Waals surface area contributed by atoms with Crippen molar-refractivity contribution in [1.29, 1.82) is 0 Å². The highest BCUT2D eigenvalue weighted by molar-refractivity contribution is 5.99. The van der Waals surface area contributed by atoms with Gasteiger partial charge in [-0.25, -0.2) is 4.79 Å². The van der Waals surface area contributed by atoms with E-state index in [1.807, 2.05) is 45.9 Å². The highest BCUT2D eigenvalue weighted by Crippen LogP contribution is 2.28. The largest absolute Gasteiger partial charge is 0.490 e. The fraction of sp³-hybridized carbons (Fsp3) is 0.576. The lowest BCUT2D eigenvalue weighted by Crippen LogP contribution is -2.47. The standard InChI is InChI=1S/C33H50N4O5/c1-23(2)34-33(40)35-28-15-16-30-29(18-28)32(39)37(25(4)22-38)19-24(3)31(41-17-11-10-12-26(5)42-30)21-36(6)20-27-13-8-7-9-14-27/h7-9,13-16,18,23-26,31,38H,10-12,17,19-22H2,1-6H3,(H2,34,35,40)/t24-,25+,26+,31+/m1/s1. The van der Waals surface area contributed by atoms with Gasteiger partial charge in [0.1, 0.15) is 5.75 Å². The van der Waals surface area contributed by atoms with Crippen molar-refractivity contribution >= 4 is 17.6 Å². The van der Waals surface area contributed by atoms with Crippen LogP contribution in [0.25, 0.3) is 0 Å². The lowest BCUT2D eigenvalue weighted by atomic mass is 10.0. The second-order valence-electron chi connectivity index (χ2n) is 11.9. The first kappa shape index (κ1) is 33.4. The van der Waals surface area contributed by atoms with Gasteiger partial charge in [-0.2, -0.15) is 0 Å². The molecule has 0 saturated carbocycles. The number of rotatable bonds is 8. The van der Waals surface area contributed by atoms with Gasteiger partial charge in [0, 0.05) is 43.9 Å². The Bertz CT molecular complexity index is 1130. The first-order valence-corrected chi connectivity index (χ1v) is 15.2. The number of fused-ring (bicyclic) bond motifs is 1. The van der Waals surface area contributed by atoms with Gasteiger partial charge >= 0.3 is 6.03 Å². The summed E-state index contributed by atoms with van der Waals surface area (Å²) in [7, 11) is 2.09. The molecule has 232 valence electrons. The number of carbonyl (C=O) groups is 2. The van der Waals surface area contributed by atoms with E-state index < -0.39 is 6.04 Å². The molecule has 3 amide bonds. The Balaban J connectivity index is 1.90. The number of aliphatic hydroxyl groups is 1. The summed E-state index contributed by atoms with van der Waals surface area (Å²) in [5.74, 6) is 0.204. The van der Waals surface area contributed by atoms with Crippen LogP contribution in [-0.2, 0) is 11.3 Å². The van der Waals surface area contributed by atoms with E-state index in [9.17, 15) is 14.7 Å². The van der Waals surface area contributed by atoms with Crippen LogP contribution in [-0.4, -0.2) is 84.5 Å². The van der Waals surface area contributed by atoms with Gasteiger partial charge in [0.05, 0.1) is 30.4 Å². The summed E-state index contributed by atoms with van der Waals surface area (Å²) in [6.45, 7) is 12.1. The molecule has 0 radical (unpaired) electrons. The van der Waals surface area contributed by atoms with Crippen LogP contribution in [0.5, 0.6) is 5.75 Å². The van der Waals surface area contributed by atoms with Gasteiger partial charge in [0.2, 0.25) is 0 Å². The zero-order valence-corrected chi connectivity index (χ0v) is 26.1. The number of nitrogens with zero attached hydrogens (tertiary/aromatic N) is 2. The number of nitrogens with one attached hydrogen (secondary N) is 2. The molecule has 0 saturated heterocycles. The van der Waals surface area contributed by atoms with Crippen molar-refractivity contribution in [2.24, 2.45) is 5.92 Å². The maximum atomic E-state index is 14.2. The minimum atomic E-state index is -0.429. The quantitative estimate of drug-likeness (QED) is 0.398. The van der Waals surface area contributed by atoms with Crippen molar-refractivity contribution in [3.8, 4) is 5.75 Å². The average molecular weight is 583 g/mol. The molecule has 1 aliphatic rings. The van der Waals surface area contributed by atoms with E-state index >= 15 is 0 Å². The predicted octanol–water partition coefficient (Wildman–Crippen LogP) is 5.14. The molecule has 0 unspecified atom stereocenters. The van der Waals surface area contributed by atoms with E-state index in [1.165, 1.54) is 5.56 Å². The molecule has 0 bridgehead atoms. The van der Waals surface area contributed by atoms with Crippen LogP contribution in [0.3, 0.4) is 0 Å². The second kappa shape index (κ2) is 16.5. The number of likely N-dealkylation sites (N-methyl/N-ethyl adjacent to an activating group) is 1. The summed E-state index contributed by atoms with van der Waals surface area (Å²) >= 11 is 0. The summed E-state index contributed by atoms with van der Waals surface area (Å²) in [6, 6.07) is 14.7. The fourth-order valence-corrected chi connectivity index (χ4v) is 5.16. The van der Waals surface area contributed by atoms with E-state index in [4.69, 9.17) is 9.47 Å². The molecule has 4 atom stereocenters. The molecule has 0 fully saturated rings. The van der Waals surface area contributed by atoms with Crippen LogP contribution >= 0.6 is 0 Å². The van der Waals surface area contributed by atoms with Crippen LogP contribution in [0, 0.1) is 5.92 Å². The zero-order chi connectivity index (χ0) is 30.6. The Kier molecular flexibility index (Phi) is 13.1. The van der Waals surface area contributed by atoms with Crippen molar-refractivity contribution in [2.45, 2.75) is 84.7 Å². The minimum Gasteiger partial charge on any atom is -0.490 e. The Morgan fingerprint density at radius 2 is 1.86 bits per heavy atom. The summed E-state index contributed by atoms with van der Waals surface area (Å²) in [6.07, 6.45) is 2.45. The maximum absolute atomic E-state index is 14.2. The highest BCUT2D eigenvalue weighted by Gasteiger charge is 2.30. The third-order valence-corrected chi connectivity index (χ3v) is 7.52. The molecule has 0 spiro atoms. The molecule has 2 aromatic rings. The first-order chi connectivity index (χ1) is 20.1. The molecule has 42 heavy (non-hydrogen) atoms. The van der Waals surface area contributed by atoms with Crippen LogP contribution in [0.1, 0.15) is 69.8 Å². The number of aliphatic hydroxyl groups excluding tert-OH is 1. The summed E-state index contributed by atoms with van der Waals surface area (Å²) in [5, 5.41) is 15.8. The smallest absolute Gasteiger partial charge is 0.319 e. The Hall–Kier alpha value is -3.14. The Morgan fingerprint density at radius 3 is 2.55 bits per heavy atom. The van der Waals surface area contributed by atoms with E-state index in [0.717, 1.165) is 25.8 Å². The number of benzene rings is 2. The van der Waals surface area contributed by atoms with Crippen LogP contribution < -0.4 is 15.4 Å². The number of hydrogen-bond donors (Lipinski definition) is 3. The lowest BCUT2D eigenvalue weighted by Gasteiger charge is -2.36. The topological polar surface area (TPSA) is 103 Å². The van der Waals surface area contributed by atoms with Gasteiger partial charge < -0.3 is 30.1 Å². The molecule has 9 nitrogen and oxygen atoms in total. The maximum Gasteiger partial charge on any atom is 0.319 e. The molecule has 0 aromatic heterocycles. The van der Waals surface area contributed by atoms with Crippen LogP contribution in [0.2, 0.25) is 0 Å². The van der Waals surface area contributed by atoms with Gasteiger partial charge in [-0.05, 0) is 77.8 Å². The third kappa shape index (κ3) is 10.3. The summed E-state index contributed by atoms with van der Waals surface area (Å²) < 4.78 is 12.7. The number of carbonyl (C=O) groups excluding carboxylic acids is 2. The molecule has 3 N–H and O–H groups in total. The zero-order valence-electron chi connectivity index (χ0n) is 26.1. The third-order valence-electron chi connectivity index (χ3n) is 7.52. The SMILES string of the molecule is CC(C)NC(=O)Nc1ccc2c(c1)C(=O)N([C@@H](C)CO)C[C@@H](C)[C@H](CN(C)Cc1ccccc1)OCCCC[C@H](C)O2. The van der Waals surface area contributed by atoms with Crippen molar-refractivity contribution < 1.29 is 24.2 Å².